The number of benzene rings is 2. The molecule has 152 valence electrons. The average Bonchev–Trinajstić information content (AvgIpc) is 3.07. The van der Waals surface area contributed by atoms with Crippen LogP contribution in [0.25, 0.3) is 0 Å². The number of anilines is 1. The maximum absolute atomic E-state index is 9.72. The van der Waals surface area contributed by atoms with Crippen molar-refractivity contribution in [2.24, 2.45) is 11.0 Å². The number of aromatic hydroxyl groups is 1. The molecule has 0 spiro atoms. The second-order valence-corrected chi connectivity index (χ2v) is 8.41. The number of hydrogen-bond donors (Lipinski definition) is 2. The summed E-state index contributed by atoms with van der Waals surface area (Å²) in [5, 5.41) is 19.4. The Morgan fingerprint density at radius 1 is 1.10 bits per heavy atom. The van der Waals surface area contributed by atoms with E-state index in [1.165, 1.54) is 19.3 Å². The summed E-state index contributed by atoms with van der Waals surface area (Å²) in [6.45, 7) is 4.13. The van der Waals surface area contributed by atoms with Gasteiger partial charge in [-0.1, -0.05) is 61.4 Å². The number of nitrogens with zero attached hydrogens (tertiary/aromatic N) is 3. The molecule has 1 fully saturated rings. The van der Waals surface area contributed by atoms with Crippen LogP contribution in [0, 0.1) is 5.92 Å². The van der Waals surface area contributed by atoms with Gasteiger partial charge < -0.3 is 10.5 Å². The third-order valence-corrected chi connectivity index (χ3v) is 6.19. The van der Waals surface area contributed by atoms with E-state index >= 15 is 0 Å². The van der Waals surface area contributed by atoms with Crippen molar-refractivity contribution < 1.29 is 5.11 Å². The van der Waals surface area contributed by atoms with Crippen LogP contribution < -0.4 is 10.4 Å². The van der Waals surface area contributed by atoms with Crippen LogP contribution in [0.3, 0.4) is 0 Å². The van der Waals surface area contributed by atoms with E-state index in [0.29, 0.717) is 10.0 Å². The third kappa shape index (κ3) is 4.25. The number of hydrazone groups is 1. The first kappa shape index (κ1) is 20.1. The minimum atomic E-state index is -0.0633. The summed E-state index contributed by atoms with van der Waals surface area (Å²) in [6.07, 6.45) is 3.63. The van der Waals surface area contributed by atoms with Crippen molar-refractivity contribution >= 4 is 40.2 Å². The van der Waals surface area contributed by atoms with E-state index in [9.17, 15) is 5.11 Å². The second-order valence-electron chi connectivity index (χ2n) is 7.59. The highest BCUT2D eigenvalue weighted by atomic mass is 35.5. The number of halogens is 1. The normalized spacial score (nSPS) is 22.4. The van der Waals surface area contributed by atoms with Gasteiger partial charge in [0.2, 0.25) is 0 Å². The molecule has 0 saturated carbocycles. The molecule has 2 atom stereocenters. The van der Waals surface area contributed by atoms with Gasteiger partial charge in [0, 0.05) is 19.0 Å². The van der Waals surface area contributed by atoms with Gasteiger partial charge in [0.05, 0.1) is 16.8 Å². The molecule has 2 aliphatic heterocycles. The number of phenols is 1. The molecule has 5 nitrogen and oxygen atoms in total. The number of rotatable bonds is 4. The van der Waals surface area contributed by atoms with E-state index in [-0.39, 0.29) is 17.7 Å². The van der Waals surface area contributed by atoms with Crippen LogP contribution in [0.1, 0.15) is 37.8 Å². The Labute approximate surface area is 181 Å². The highest BCUT2D eigenvalue weighted by molar-refractivity contribution is 7.82. The van der Waals surface area contributed by atoms with Gasteiger partial charge in [-0.3, -0.25) is 5.01 Å². The third-order valence-electron chi connectivity index (χ3n) is 5.57. The lowest BCUT2D eigenvalue weighted by molar-refractivity contribution is 0.197. The summed E-state index contributed by atoms with van der Waals surface area (Å²) in [5.74, 6) is 0.299. The zero-order chi connectivity index (χ0) is 20.4. The van der Waals surface area contributed by atoms with Gasteiger partial charge >= 0.3 is 0 Å². The van der Waals surface area contributed by atoms with Crippen molar-refractivity contribution in [3.8, 4) is 5.75 Å². The molecular weight excluding hydrogens is 404 g/mol. The Hall–Kier alpha value is -2.15. The van der Waals surface area contributed by atoms with Crippen molar-refractivity contribution in [1.29, 1.82) is 0 Å². The molecule has 0 bridgehead atoms. The minimum absolute atomic E-state index is 0.0561. The largest absolute Gasteiger partial charge is 0.508 e. The number of para-hydroxylation sites is 1. The highest BCUT2D eigenvalue weighted by Gasteiger charge is 2.39. The molecule has 2 heterocycles. The van der Waals surface area contributed by atoms with E-state index in [1.807, 2.05) is 41.4 Å². The number of piperidine rings is 1. The van der Waals surface area contributed by atoms with E-state index in [1.54, 1.807) is 12.1 Å². The first-order valence-corrected chi connectivity index (χ1v) is 10.8. The molecule has 0 unspecified atom stereocenters. The topological polar surface area (TPSA) is 51.1 Å². The van der Waals surface area contributed by atoms with Crippen molar-refractivity contribution in [3.63, 3.8) is 0 Å². The van der Waals surface area contributed by atoms with Crippen LogP contribution in [0.4, 0.5) is 5.69 Å². The van der Waals surface area contributed by atoms with Gasteiger partial charge in [0.25, 0.3) is 0 Å². The number of nitrogens with one attached hydrogen (secondary N) is 1. The predicted molar refractivity (Wildman–Crippen MR) is 123 cm³/mol. The van der Waals surface area contributed by atoms with Crippen LogP contribution in [0.5, 0.6) is 5.75 Å². The Bertz CT molecular complexity index is 911. The van der Waals surface area contributed by atoms with Crippen LogP contribution in [-0.2, 0) is 0 Å². The lowest BCUT2D eigenvalue weighted by Crippen LogP contribution is -2.47. The van der Waals surface area contributed by atoms with Gasteiger partial charge in [-0.15, -0.1) is 0 Å². The highest BCUT2D eigenvalue weighted by Crippen LogP contribution is 2.42. The standard InChI is InChI=1S/C22H25ClN4OS/c1-15-20(22(29)25-26-13-5-2-6-14-26)24-27(19-8-4-3-7-18(19)23)21(15)16-9-11-17(28)12-10-16/h3-4,7-12,15,21,28H,2,5-6,13-14H2,1H3,(H,25,29)/t15-,21-/m1/s1. The molecule has 0 aromatic heterocycles. The molecule has 0 radical (unpaired) electrons. The summed E-state index contributed by atoms with van der Waals surface area (Å²) >= 11 is 12.3. The Balaban J connectivity index is 1.66. The quantitative estimate of drug-likeness (QED) is 0.677. The lowest BCUT2D eigenvalue weighted by Gasteiger charge is -2.29. The van der Waals surface area contributed by atoms with Gasteiger partial charge in [-0.05, 0) is 42.7 Å². The molecule has 0 amide bonds. The van der Waals surface area contributed by atoms with E-state index in [4.69, 9.17) is 28.9 Å². The Morgan fingerprint density at radius 2 is 1.79 bits per heavy atom. The number of hydrogen-bond acceptors (Lipinski definition) is 5. The van der Waals surface area contributed by atoms with Gasteiger partial charge in [0.1, 0.15) is 16.4 Å². The van der Waals surface area contributed by atoms with Crippen molar-refractivity contribution in [2.75, 3.05) is 18.1 Å². The van der Waals surface area contributed by atoms with E-state index < -0.39 is 0 Å². The smallest absolute Gasteiger partial charge is 0.137 e. The Morgan fingerprint density at radius 3 is 2.48 bits per heavy atom. The molecule has 2 aromatic carbocycles. The van der Waals surface area contributed by atoms with Crippen LogP contribution in [-0.4, -0.2) is 33.9 Å². The first-order valence-electron chi connectivity index (χ1n) is 10.0. The first-order chi connectivity index (χ1) is 14.0. The predicted octanol–water partition coefficient (Wildman–Crippen LogP) is 4.92. The molecule has 2 aliphatic rings. The summed E-state index contributed by atoms with van der Waals surface area (Å²) in [6, 6.07) is 14.9. The second kappa shape index (κ2) is 8.69. The zero-order valence-electron chi connectivity index (χ0n) is 16.4. The van der Waals surface area contributed by atoms with Gasteiger partial charge in [-0.25, -0.2) is 5.01 Å². The SMILES string of the molecule is C[C@@H]1C(C(=S)NN2CCCCC2)=NN(c2ccccc2Cl)[C@H]1c1ccc(O)cc1. The van der Waals surface area contributed by atoms with Crippen LogP contribution >= 0.6 is 23.8 Å². The molecule has 1 saturated heterocycles. The maximum atomic E-state index is 9.72. The minimum Gasteiger partial charge on any atom is -0.508 e. The summed E-state index contributed by atoms with van der Waals surface area (Å²) in [5.41, 5.74) is 6.14. The van der Waals surface area contributed by atoms with Crippen molar-refractivity contribution in [3.05, 3.63) is 59.1 Å². The fourth-order valence-electron chi connectivity index (χ4n) is 4.03. The molecule has 0 aliphatic carbocycles. The number of hydrazine groups is 1. The summed E-state index contributed by atoms with van der Waals surface area (Å²) in [4.78, 5) is 0.665. The summed E-state index contributed by atoms with van der Waals surface area (Å²) < 4.78 is 0. The lowest BCUT2D eigenvalue weighted by atomic mass is 9.91. The average molecular weight is 429 g/mol. The fraction of sp³-hybridized carbons (Fsp3) is 0.364. The zero-order valence-corrected chi connectivity index (χ0v) is 18.0. The monoisotopic (exact) mass is 428 g/mol. The summed E-state index contributed by atoms with van der Waals surface area (Å²) in [7, 11) is 0. The van der Waals surface area contributed by atoms with Crippen molar-refractivity contribution in [1.82, 2.24) is 10.4 Å². The van der Waals surface area contributed by atoms with Crippen LogP contribution in [0.15, 0.2) is 53.6 Å². The van der Waals surface area contributed by atoms with Crippen molar-refractivity contribution in [2.45, 2.75) is 32.2 Å². The van der Waals surface area contributed by atoms with Crippen LogP contribution in [0.2, 0.25) is 5.02 Å². The maximum Gasteiger partial charge on any atom is 0.137 e. The molecule has 7 heteroatoms. The molecule has 2 N–H and O–H groups in total. The number of phenolic OH excluding ortho intramolecular Hbond substituents is 1. The molecule has 29 heavy (non-hydrogen) atoms. The Kier molecular flexibility index (Phi) is 6.04. The molecule has 4 rings (SSSR count). The molecular formula is C22H25ClN4OS. The molecule has 2 aromatic rings. The van der Waals surface area contributed by atoms with E-state index in [2.05, 4.69) is 17.4 Å². The van der Waals surface area contributed by atoms with E-state index in [0.717, 1.165) is 30.1 Å². The van der Waals surface area contributed by atoms with Gasteiger partial charge in [0.15, 0.2) is 0 Å². The van der Waals surface area contributed by atoms with Gasteiger partial charge in [-0.2, -0.15) is 5.10 Å². The fourth-order valence-corrected chi connectivity index (χ4v) is 4.61. The number of thiocarbonyl (C=S) groups is 1.